The molecule has 2 rings (SSSR count). The van der Waals surface area contributed by atoms with Crippen LogP contribution in [0.2, 0.25) is 10.0 Å². The van der Waals surface area contributed by atoms with Crippen LogP contribution < -0.4 is 4.74 Å². The molecule has 1 aromatic carbocycles. The maximum Gasteiger partial charge on any atom is 0.273 e. The molecule has 0 unspecified atom stereocenters. The SMILES string of the molecule is Clc1ccc(COc2nccs2)cc1Cl. The van der Waals surface area contributed by atoms with E-state index in [0.29, 0.717) is 21.8 Å². The van der Waals surface area contributed by atoms with Gasteiger partial charge in [-0.05, 0) is 17.7 Å². The van der Waals surface area contributed by atoms with Crippen molar-refractivity contribution in [3.05, 3.63) is 45.4 Å². The predicted octanol–water partition coefficient (Wildman–Crippen LogP) is 4.03. The van der Waals surface area contributed by atoms with Crippen LogP contribution in [0.1, 0.15) is 5.56 Å². The van der Waals surface area contributed by atoms with Crippen LogP contribution in [0.15, 0.2) is 29.8 Å². The second-order valence-electron chi connectivity index (χ2n) is 2.84. The number of halogens is 2. The number of ether oxygens (including phenoxy) is 1. The van der Waals surface area contributed by atoms with Gasteiger partial charge in [-0.1, -0.05) is 40.6 Å². The first-order valence-corrected chi connectivity index (χ1v) is 5.85. The lowest BCUT2D eigenvalue weighted by molar-refractivity contribution is 0.304. The predicted molar refractivity (Wildman–Crippen MR) is 62.9 cm³/mol. The van der Waals surface area contributed by atoms with E-state index >= 15 is 0 Å². The van der Waals surface area contributed by atoms with E-state index in [1.54, 1.807) is 18.3 Å². The molecule has 0 saturated heterocycles. The summed E-state index contributed by atoms with van der Waals surface area (Å²) in [7, 11) is 0. The smallest absolute Gasteiger partial charge is 0.273 e. The van der Waals surface area contributed by atoms with E-state index in [0.717, 1.165) is 5.56 Å². The summed E-state index contributed by atoms with van der Waals surface area (Å²) < 4.78 is 5.43. The van der Waals surface area contributed by atoms with Gasteiger partial charge in [0.05, 0.1) is 10.0 Å². The number of thiazole rings is 1. The topological polar surface area (TPSA) is 22.1 Å². The fraction of sp³-hybridized carbons (Fsp3) is 0.100. The fourth-order valence-electron chi connectivity index (χ4n) is 1.06. The van der Waals surface area contributed by atoms with Crippen molar-refractivity contribution in [2.24, 2.45) is 0 Å². The summed E-state index contributed by atoms with van der Waals surface area (Å²) >= 11 is 13.1. The van der Waals surface area contributed by atoms with E-state index in [1.165, 1.54) is 11.3 Å². The maximum atomic E-state index is 5.87. The van der Waals surface area contributed by atoms with Crippen molar-refractivity contribution in [3.8, 4) is 5.19 Å². The van der Waals surface area contributed by atoms with Crippen LogP contribution in [0.3, 0.4) is 0 Å². The van der Waals surface area contributed by atoms with E-state index in [1.807, 2.05) is 11.4 Å². The van der Waals surface area contributed by atoms with E-state index < -0.39 is 0 Å². The molecule has 0 aliphatic rings. The molecule has 0 atom stereocenters. The fourth-order valence-corrected chi connectivity index (χ4v) is 1.86. The normalized spacial score (nSPS) is 10.3. The van der Waals surface area contributed by atoms with E-state index in [9.17, 15) is 0 Å². The lowest BCUT2D eigenvalue weighted by Gasteiger charge is -2.03. The number of benzene rings is 1. The zero-order valence-electron chi connectivity index (χ0n) is 7.61. The van der Waals surface area contributed by atoms with Gasteiger partial charge in [-0.15, -0.1) is 0 Å². The first kappa shape index (κ1) is 10.7. The summed E-state index contributed by atoms with van der Waals surface area (Å²) in [5, 5.41) is 3.61. The minimum absolute atomic E-state index is 0.449. The molecule has 2 aromatic rings. The highest BCUT2D eigenvalue weighted by Gasteiger charge is 2.01. The zero-order valence-corrected chi connectivity index (χ0v) is 9.94. The van der Waals surface area contributed by atoms with E-state index in [2.05, 4.69) is 4.98 Å². The highest BCUT2D eigenvalue weighted by Crippen LogP contribution is 2.23. The van der Waals surface area contributed by atoms with Crippen molar-refractivity contribution in [2.75, 3.05) is 0 Å². The molecule has 0 saturated carbocycles. The molecule has 0 aliphatic heterocycles. The molecule has 0 fully saturated rings. The number of rotatable bonds is 3. The molecule has 1 heterocycles. The molecular formula is C10H7Cl2NOS. The lowest BCUT2D eigenvalue weighted by atomic mass is 10.2. The number of hydrogen-bond acceptors (Lipinski definition) is 3. The number of nitrogens with zero attached hydrogens (tertiary/aromatic N) is 1. The summed E-state index contributed by atoms with van der Waals surface area (Å²) in [6, 6.07) is 5.42. The van der Waals surface area contributed by atoms with Crippen LogP contribution in [-0.4, -0.2) is 4.98 Å². The summed E-state index contributed by atoms with van der Waals surface area (Å²) in [5.74, 6) is 0. The van der Waals surface area contributed by atoms with Crippen molar-refractivity contribution in [3.63, 3.8) is 0 Å². The van der Waals surface area contributed by atoms with Crippen molar-refractivity contribution in [1.29, 1.82) is 0 Å². The van der Waals surface area contributed by atoms with Gasteiger partial charge in [-0.3, -0.25) is 0 Å². The van der Waals surface area contributed by atoms with Crippen molar-refractivity contribution < 1.29 is 4.74 Å². The molecule has 5 heteroatoms. The molecule has 78 valence electrons. The molecule has 0 spiro atoms. The second-order valence-corrected chi connectivity index (χ2v) is 4.51. The van der Waals surface area contributed by atoms with E-state index in [4.69, 9.17) is 27.9 Å². The van der Waals surface area contributed by atoms with Gasteiger partial charge in [0.15, 0.2) is 0 Å². The Morgan fingerprint density at radius 2 is 2.13 bits per heavy atom. The van der Waals surface area contributed by atoms with Gasteiger partial charge in [0.2, 0.25) is 0 Å². The molecule has 0 bridgehead atoms. The number of hydrogen-bond donors (Lipinski definition) is 0. The highest BCUT2D eigenvalue weighted by atomic mass is 35.5. The van der Waals surface area contributed by atoms with Crippen molar-refractivity contribution in [1.82, 2.24) is 4.98 Å². The van der Waals surface area contributed by atoms with Crippen LogP contribution in [0.5, 0.6) is 5.19 Å². The van der Waals surface area contributed by atoms with Crippen molar-refractivity contribution in [2.45, 2.75) is 6.61 Å². The molecule has 0 aliphatic carbocycles. The third kappa shape index (κ3) is 2.84. The monoisotopic (exact) mass is 259 g/mol. The van der Waals surface area contributed by atoms with E-state index in [-0.39, 0.29) is 0 Å². The average molecular weight is 260 g/mol. The Kier molecular flexibility index (Phi) is 3.46. The lowest BCUT2D eigenvalue weighted by Crippen LogP contribution is -1.94. The summed E-state index contributed by atoms with van der Waals surface area (Å²) in [6.07, 6.45) is 1.70. The minimum atomic E-state index is 0.449. The van der Waals surface area contributed by atoms with Gasteiger partial charge >= 0.3 is 0 Å². The Morgan fingerprint density at radius 3 is 2.80 bits per heavy atom. The minimum Gasteiger partial charge on any atom is -0.465 e. The standard InChI is InChI=1S/C10H7Cl2NOS/c11-8-2-1-7(5-9(8)12)6-14-10-13-3-4-15-10/h1-5H,6H2. The highest BCUT2D eigenvalue weighted by molar-refractivity contribution is 7.11. The quantitative estimate of drug-likeness (QED) is 0.831. The van der Waals surface area contributed by atoms with Gasteiger partial charge in [0.1, 0.15) is 6.61 Å². The Hall–Kier alpha value is -0.770. The summed E-state index contributed by atoms with van der Waals surface area (Å²) in [6.45, 7) is 0.449. The van der Waals surface area contributed by atoms with Crippen LogP contribution in [0, 0.1) is 0 Å². The largest absolute Gasteiger partial charge is 0.465 e. The molecule has 0 amide bonds. The Labute approximate surface area is 101 Å². The third-order valence-corrected chi connectivity index (χ3v) is 3.18. The Morgan fingerprint density at radius 1 is 1.27 bits per heavy atom. The molecule has 0 radical (unpaired) electrons. The van der Waals surface area contributed by atoms with Gasteiger partial charge < -0.3 is 4.74 Å². The molecule has 1 aromatic heterocycles. The van der Waals surface area contributed by atoms with Crippen LogP contribution in [0.4, 0.5) is 0 Å². The van der Waals surface area contributed by atoms with Crippen LogP contribution >= 0.6 is 34.5 Å². The zero-order chi connectivity index (χ0) is 10.7. The van der Waals surface area contributed by atoms with Crippen molar-refractivity contribution >= 4 is 34.5 Å². The third-order valence-electron chi connectivity index (χ3n) is 1.76. The van der Waals surface area contributed by atoms with Crippen LogP contribution in [-0.2, 0) is 6.61 Å². The van der Waals surface area contributed by atoms with Gasteiger partial charge in [-0.25, -0.2) is 4.98 Å². The summed E-state index contributed by atoms with van der Waals surface area (Å²) in [5.41, 5.74) is 0.972. The Bertz CT molecular complexity index is 445. The Balaban J connectivity index is 2.02. The van der Waals surface area contributed by atoms with Crippen LogP contribution in [0.25, 0.3) is 0 Å². The number of aromatic nitrogens is 1. The molecule has 2 nitrogen and oxygen atoms in total. The molecular weight excluding hydrogens is 253 g/mol. The molecule has 0 N–H and O–H groups in total. The van der Waals surface area contributed by atoms with Gasteiger partial charge in [-0.2, -0.15) is 0 Å². The molecule has 15 heavy (non-hydrogen) atoms. The average Bonchev–Trinajstić information content (AvgIpc) is 2.73. The first-order chi connectivity index (χ1) is 7.25. The van der Waals surface area contributed by atoms with Gasteiger partial charge in [0, 0.05) is 11.6 Å². The van der Waals surface area contributed by atoms with Gasteiger partial charge in [0.25, 0.3) is 5.19 Å². The maximum absolute atomic E-state index is 5.87. The first-order valence-electron chi connectivity index (χ1n) is 4.22. The second kappa shape index (κ2) is 4.84. The summed E-state index contributed by atoms with van der Waals surface area (Å²) in [4.78, 5) is 4.01.